The monoisotopic (exact) mass is 242 g/mol. The quantitative estimate of drug-likeness (QED) is 0.789. The maximum Gasteiger partial charge on any atom is 0.356 e. The third kappa shape index (κ3) is 2.22. The summed E-state index contributed by atoms with van der Waals surface area (Å²) in [4.78, 5) is 18.2. The zero-order valence-electron chi connectivity index (χ0n) is 9.02. The lowest BCUT2D eigenvalue weighted by Gasteiger charge is -2.21. The van der Waals surface area contributed by atoms with Gasteiger partial charge in [-0.15, -0.1) is 0 Å². The van der Waals surface area contributed by atoms with E-state index in [1.165, 1.54) is 11.8 Å². The van der Waals surface area contributed by atoms with Crippen molar-refractivity contribution in [1.82, 2.24) is 9.97 Å². The SMILES string of the molecule is CSc1nc(C(=O)O)c(C2CCOCC2)[nH]1. The topological polar surface area (TPSA) is 75.2 Å². The van der Waals surface area contributed by atoms with Gasteiger partial charge in [0, 0.05) is 19.1 Å². The number of carboxylic acids is 1. The van der Waals surface area contributed by atoms with Crippen LogP contribution < -0.4 is 0 Å². The summed E-state index contributed by atoms with van der Waals surface area (Å²) in [6.07, 6.45) is 3.59. The molecule has 1 aromatic heterocycles. The van der Waals surface area contributed by atoms with E-state index in [-0.39, 0.29) is 11.6 Å². The van der Waals surface area contributed by atoms with Crippen LogP contribution in [0.4, 0.5) is 0 Å². The van der Waals surface area contributed by atoms with Crippen LogP contribution in [-0.4, -0.2) is 40.5 Å². The van der Waals surface area contributed by atoms with Crippen LogP contribution in [0.25, 0.3) is 0 Å². The number of rotatable bonds is 3. The Kier molecular flexibility index (Phi) is 3.50. The largest absolute Gasteiger partial charge is 0.476 e. The van der Waals surface area contributed by atoms with E-state index in [2.05, 4.69) is 9.97 Å². The van der Waals surface area contributed by atoms with Crippen molar-refractivity contribution in [2.45, 2.75) is 23.9 Å². The molecule has 1 fully saturated rings. The fourth-order valence-corrected chi connectivity index (χ4v) is 2.30. The molecule has 0 atom stereocenters. The first kappa shape index (κ1) is 11.5. The second-order valence-electron chi connectivity index (χ2n) is 3.70. The first-order chi connectivity index (χ1) is 7.72. The minimum absolute atomic E-state index is 0.163. The molecule has 6 heteroatoms. The Balaban J connectivity index is 2.29. The molecule has 2 heterocycles. The standard InChI is InChI=1S/C10H14N2O3S/c1-16-10-11-7(8(12-10)9(13)14)6-2-4-15-5-3-6/h6H,2-5H2,1H3,(H,11,12)(H,13,14). The Bertz CT molecular complexity index is 385. The van der Waals surface area contributed by atoms with E-state index in [1.54, 1.807) is 0 Å². The van der Waals surface area contributed by atoms with Crippen molar-refractivity contribution in [1.29, 1.82) is 0 Å². The molecule has 0 saturated carbocycles. The number of hydrogen-bond acceptors (Lipinski definition) is 4. The first-order valence-electron chi connectivity index (χ1n) is 5.17. The van der Waals surface area contributed by atoms with Gasteiger partial charge in [0.2, 0.25) is 0 Å². The lowest BCUT2D eigenvalue weighted by molar-refractivity contribution is 0.0678. The molecule has 1 aliphatic heterocycles. The van der Waals surface area contributed by atoms with Gasteiger partial charge in [-0.3, -0.25) is 0 Å². The minimum Gasteiger partial charge on any atom is -0.476 e. The number of carbonyl (C=O) groups is 1. The van der Waals surface area contributed by atoms with Crippen LogP contribution in [-0.2, 0) is 4.74 Å². The zero-order valence-corrected chi connectivity index (χ0v) is 9.84. The van der Waals surface area contributed by atoms with Crippen molar-refractivity contribution in [3.05, 3.63) is 11.4 Å². The molecule has 1 saturated heterocycles. The van der Waals surface area contributed by atoms with Crippen molar-refractivity contribution >= 4 is 17.7 Å². The van der Waals surface area contributed by atoms with Gasteiger partial charge < -0.3 is 14.8 Å². The van der Waals surface area contributed by atoms with Crippen LogP contribution in [0.5, 0.6) is 0 Å². The molecule has 0 aliphatic carbocycles. The van der Waals surface area contributed by atoms with Crippen molar-refractivity contribution in [3.8, 4) is 0 Å². The second-order valence-corrected chi connectivity index (χ2v) is 4.50. The number of aromatic carboxylic acids is 1. The fraction of sp³-hybridized carbons (Fsp3) is 0.600. The van der Waals surface area contributed by atoms with Gasteiger partial charge >= 0.3 is 5.97 Å². The van der Waals surface area contributed by atoms with Crippen molar-refractivity contribution < 1.29 is 14.6 Å². The fourth-order valence-electron chi connectivity index (χ4n) is 1.91. The number of hydrogen-bond donors (Lipinski definition) is 2. The van der Waals surface area contributed by atoms with Gasteiger partial charge in [-0.25, -0.2) is 9.78 Å². The van der Waals surface area contributed by atoms with E-state index in [4.69, 9.17) is 9.84 Å². The zero-order chi connectivity index (χ0) is 11.5. The summed E-state index contributed by atoms with van der Waals surface area (Å²) in [6, 6.07) is 0. The van der Waals surface area contributed by atoms with Crippen molar-refractivity contribution in [2.75, 3.05) is 19.5 Å². The van der Waals surface area contributed by atoms with Crippen LogP contribution in [0.15, 0.2) is 5.16 Å². The Morgan fingerprint density at radius 2 is 2.25 bits per heavy atom. The average molecular weight is 242 g/mol. The highest BCUT2D eigenvalue weighted by Gasteiger charge is 2.25. The number of nitrogens with zero attached hydrogens (tertiary/aromatic N) is 1. The summed E-state index contributed by atoms with van der Waals surface area (Å²) in [7, 11) is 0. The van der Waals surface area contributed by atoms with E-state index < -0.39 is 5.97 Å². The Morgan fingerprint density at radius 1 is 1.56 bits per heavy atom. The van der Waals surface area contributed by atoms with Crippen LogP contribution in [0.3, 0.4) is 0 Å². The number of imidazole rings is 1. The molecular weight excluding hydrogens is 228 g/mol. The minimum atomic E-state index is -0.960. The molecule has 2 rings (SSSR count). The number of thioether (sulfide) groups is 1. The Morgan fingerprint density at radius 3 is 2.81 bits per heavy atom. The molecule has 0 spiro atoms. The third-order valence-electron chi connectivity index (χ3n) is 2.74. The molecule has 0 unspecified atom stereocenters. The number of aromatic nitrogens is 2. The summed E-state index contributed by atoms with van der Waals surface area (Å²) in [5.41, 5.74) is 0.913. The molecule has 16 heavy (non-hydrogen) atoms. The highest BCUT2D eigenvalue weighted by molar-refractivity contribution is 7.98. The predicted molar refractivity (Wildman–Crippen MR) is 60.1 cm³/mol. The summed E-state index contributed by atoms with van der Waals surface area (Å²) >= 11 is 1.42. The normalized spacial score (nSPS) is 17.6. The molecule has 2 N–H and O–H groups in total. The van der Waals surface area contributed by atoms with Gasteiger partial charge in [0.05, 0.1) is 5.69 Å². The summed E-state index contributed by atoms with van der Waals surface area (Å²) < 4.78 is 5.27. The molecular formula is C10H14N2O3S. The van der Waals surface area contributed by atoms with E-state index in [9.17, 15) is 4.79 Å². The maximum atomic E-state index is 11.1. The molecule has 0 radical (unpaired) electrons. The van der Waals surface area contributed by atoms with Crippen molar-refractivity contribution in [2.24, 2.45) is 0 Å². The maximum absolute atomic E-state index is 11.1. The Labute approximate surface area is 97.6 Å². The molecule has 88 valence electrons. The number of H-pyrrole nitrogens is 1. The smallest absolute Gasteiger partial charge is 0.356 e. The van der Waals surface area contributed by atoms with Gasteiger partial charge in [-0.1, -0.05) is 11.8 Å². The molecule has 1 aromatic rings. The summed E-state index contributed by atoms with van der Waals surface area (Å²) in [6.45, 7) is 1.38. The van der Waals surface area contributed by atoms with Gasteiger partial charge in [0.25, 0.3) is 0 Å². The van der Waals surface area contributed by atoms with E-state index in [1.807, 2.05) is 6.26 Å². The lowest BCUT2D eigenvalue weighted by atomic mass is 9.95. The molecule has 5 nitrogen and oxygen atoms in total. The van der Waals surface area contributed by atoms with Gasteiger partial charge in [0.1, 0.15) is 0 Å². The summed E-state index contributed by atoms with van der Waals surface area (Å²) in [5, 5.41) is 9.75. The van der Waals surface area contributed by atoms with Gasteiger partial charge in [0.15, 0.2) is 10.9 Å². The second kappa shape index (κ2) is 4.88. The molecule has 0 amide bonds. The highest BCUT2D eigenvalue weighted by atomic mass is 32.2. The van der Waals surface area contributed by atoms with Crippen LogP contribution in [0.2, 0.25) is 0 Å². The Hall–Kier alpha value is -1.01. The molecule has 0 aromatic carbocycles. The average Bonchev–Trinajstić information content (AvgIpc) is 2.74. The highest BCUT2D eigenvalue weighted by Crippen LogP contribution is 2.29. The summed E-state index contributed by atoms with van der Waals surface area (Å²) in [5.74, 6) is -0.730. The molecule has 1 aliphatic rings. The lowest BCUT2D eigenvalue weighted by Crippen LogP contribution is -2.16. The number of aromatic amines is 1. The van der Waals surface area contributed by atoms with Crippen molar-refractivity contribution in [3.63, 3.8) is 0 Å². The van der Waals surface area contributed by atoms with E-state index >= 15 is 0 Å². The molecule has 0 bridgehead atoms. The number of carboxylic acid groups (broad SMARTS) is 1. The number of nitrogens with one attached hydrogen (secondary N) is 1. The van der Waals surface area contributed by atoms with E-state index in [0.29, 0.717) is 18.4 Å². The van der Waals surface area contributed by atoms with Crippen LogP contribution in [0.1, 0.15) is 34.9 Å². The number of ether oxygens (including phenoxy) is 1. The van der Waals surface area contributed by atoms with E-state index in [0.717, 1.165) is 18.5 Å². The first-order valence-corrected chi connectivity index (χ1v) is 6.39. The third-order valence-corrected chi connectivity index (χ3v) is 3.32. The van der Waals surface area contributed by atoms with Gasteiger partial charge in [-0.2, -0.15) is 0 Å². The van der Waals surface area contributed by atoms with Crippen LogP contribution in [0, 0.1) is 0 Å². The van der Waals surface area contributed by atoms with Gasteiger partial charge in [-0.05, 0) is 19.1 Å². The predicted octanol–water partition coefficient (Wildman–Crippen LogP) is 1.72. The van der Waals surface area contributed by atoms with Crippen LogP contribution >= 0.6 is 11.8 Å².